The van der Waals surface area contributed by atoms with E-state index in [2.05, 4.69) is 5.32 Å². The van der Waals surface area contributed by atoms with Crippen molar-refractivity contribution in [2.24, 2.45) is 0 Å². The summed E-state index contributed by atoms with van der Waals surface area (Å²) in [5.74, 6) is -1.93. The van der Waals surface area contributed by atoms with Crippen LogP contribution in [-0.2, 0) is 9.53 Å². The molecule has 10 heteroatoms. The Morgan fingerprint density at radius 3 is 2.17 bits per heavy atom. The number of carbonyl (C=O) groups excluding carboxylic acids is 2. The number of ether oxygens (including phenoxy) is 3. The number of amides is 1. The zero-order valence-corrected chi connectivity index (χ0v) is 16.8. The molecule has 0 saturated heterocycles. The van der Waals surface area contributed by atoms with Crippen molar-refractivity contribution in [1.29, 1.82) is 0 Å². The van der Waals surface area contributed by atoms with E-state index in [4.69, 9.17) is 14.2 Å². The Kier molecular flexibility index (Phi) is 7.29. The molecule has 9 nitrogen and oxygen atoms in total. The Morgan fingerprint density at radius 1 is 1.07 bits per heavy atom. The molecule has 30 heavy (non-hydrogen) atoms. The van der Waals surface area contributed by atoms with Gasteiger partial charge in [-0.3, -0.25) is 14.9 Å². The molecule has 0 radical (unpaired) electrons. The van der Waals surface area contributed by atoms with Crippen LogP contribution < -0.4 is 14.8 Å². The van der Waals surface area contributed by atoms with Gasteiger partial charge in [0, 0.05) is 6.07 Å². The van der Waals surface area contributed by atoms with Gasteiger partial charge in [0.1, 0.15) is 11.4 Å². The van der Waals surface area contributed by atoms with Crippen molar-refractivity contribution in [2.75, 3.05) is 14.2 Å². The number of carbonyl (C=O) groups is 2. The number of nitrogens with zero attached hydrogens (tertiary/aromatic N) is 1. The van der Waals surface area contributed by atoms with Crippen molar-refractivity contribution in [3.63, 3.8) is 0 Å². The summed E-state index contributed by atoms with van der Waals surface area (Å²) in [5.41, 5.74) is -0.285. The largest absolute Gasteiger partial charge is 0.493 e. The van der Waals surface area contributed by atoms with Crippen molar-refractivity contribution in [3.05, 3.63) is 63.5 Å². The molecule has 2 aromatic carbocycles. The molecule has 160 valence electrons. The van der Waals surface area contributed by atoms with E-state index < -0.39 is 40.5 Å². The van der Waals surface area contributed by atoms with E-state index >= 15 is 0 Å². The Labute approximate surface area is 171 Å². The first-order chi connectivity index (χ1) is 14.2. The minimum Gasteiger partial charge on any atom is -0.493 e. The first-order valence-corrected chi connectivity index (χ1v) is 8.85. The number of nitro benzene ring substituents is 1. The second kappa shape index (κ2) is 9.68. The minimum absolute atomic E-state index is 0.0691. The van der Waals surface area contributed by atoms with Crippen LogP contribution in [0.3, 0.4) is 0 Å². The SMILES string of the molecule is COc1cc(C(=O)O[C@H](C)C(=O)N[C@H](C)c2ccc(F)cc2)c([N+](=O)[O-])cc1OC. The van der Waals surface area contributed by atoms with Crippen LogP contribution >= 0.6 is 0 Å². The molecule has 0 spiro atoms. The van der Waals surface area contributed by atoms with Gasteiger partial charge in [0.25, 0.3) is 11.6 Å². The van der Waals surface area contributed by atoms with Gasteiger partial charge in [-0.05, 0) is 31.5 Å². The quantitative estimate of drug-likeness (QED) is 0.396. The zero-order chi connectivity index (χ0) is 22.4. The maximum absolute atomic E-state index is 13.0. The van der Waals surface area contributed by atoms with Crippen LogP contribution in [0.2, 0.25) is 0 Å². The lowest BCUT2D eigenvalue weighted by Gasteiger charge is -2.18. The molecule has 0 unspecified atom stereocenters. The molecule has 0 bridgehead atoms. The summed E-state index contributed by atoms with van der Waals surface area (Å²) in [5, 5.41) is 14.0. The maximum Gasteiger partial charge on any atom is 0.346 e. The van der Waals surface area contributed by atoms with Crippen molar-refractivity contribution in [3.8, 4) is 11.5 Å². The molecule has 0 heterocycles. The third-order valence-corrected chi connectivity index (χ3v) is 4.30. The summed E-state index contributed by atoms with van der Waals surface area (Å²) >= 11 is 0. The number of hydrogen-bond acceptors (Lipinski definition) is 7. The molecular formula is C20H21FN2O7. The van der Waals surface area contributed by atoms with Crippen molar-refractivity contribution in [2.45, 2.75) is 26.0 Å². The number of nitro groups is 1. The van der Waals surface area contributed by atoms with Gasteiger partial charge in [-0.15, -0.1) is 0 Å². The number of rotatable bonds is 8. The fourth-order valence-corrected chi connectivity index (χ4v) is 2.63. The Hall–Kier alpha value is -3.69. The highest BCUT2D eigenvalue weighted by Gasteiger charge is 2.28. The Morgan fingerprint density at radius 2 is 1.63 bits per heavy atom. The van der Waals surface area contributed by atoms with E-state index in [0.717, 1.165) is 12.1 Å². The number of methoxy groups -OCH3 is 2. The summed E-state index contributed by atoms with van der Waals surface area (Å²) in [6.07, 6.45) is -1.24. The summed E-state index contributed by atoms with van der Waals surface area (Å²) in [4.78, 5) is 35.4. The van der Waals surface area contributed by atoms with E-state index in [1.807, 2.05) is 0 Å². The lowest BCUT2D eigenvalue weighted by molar-refractivity contribution is -0.385. The standard InChI is InChI=1S/C20H21FN2O7/c1-11(13-5-7-14(21)8-6-13)22-19(24)12(2)30-20(25)15-9-17(28-3)18(29-4)10-16(15)23(26)27/h5-12H,1-4H3,(H,22,24)/t11-,12-/m1/s1. The molecule has 0 saturated carbocycles. The van der Waals surface area contributed by atoms with Gasteiger partial charge in [0.15, 0.2) is 17.6 Å². The van der Waals surface area contributed by atoms with E-state index in [1.54, 1.807) is 6.92 Å². The number of nitrogens with one attached hydrogen (secondary N) is 1. The van der Waals surface area contributed by atoms with E-state index in [0.29, 0.717) is 5.56 Å². The fourth-order valence-electron chi connectivity index (χ4n) is 2.63. The van der Waals surface area contributed by atoms with Crippen molar-refractivity contribution in [1.82, 2.24) is 5.32 Å². The van der Waals surface area contributed by atoms with Crippen LogP contribution in [0.25, 0.3) is 0 Å². The van der Waals surface area contributed by atoms with Gasteiger partial charge in [0.05, 0.1) is 31.3 Å². The average molecular weight is 420 g/mol. The van der Waals surface area contributed by atoms with Crippen LogP contribution in [0.1, 0.15) is 35.8 Å². The van der Waals surface area contributed by atoms with Gasteiger partial charge in [-0.25, -0.2) is 9.18 Å². The topological polar surface area (TPSA) is 117 Å². The first kappa shape index (κ1) is 22.6. The summed E-state index contributed by atoms with van der Waals surface area (Å²) in [6, 6.07) is 7.24. The smallest absolute Gasteiger partial charge is 0.346 e. The second-order valence-electron chi connectivity index (χ2n) is 6.31. The van der Waals surface area contributed by atoms with E-state index in [-0.39, 0.29) is 17.1 Å². The number of hydrogen-bond donors (Lipinski definition) is 1. The first-order valence-electron chi connectivity index (χ1n) is 8.85. The molecule has 0 aliphatic carbocycles. The third-order valence-electron chi connectivity index (χ3n) is 4.30. The van der Waals surface area contributed by atoms with Crippen LogP contribution in [0.15, 0.2) is 36.4 Å². The number of esters is 1. The molecule has 0 aliphatic heterocycles. The minimum atomic E-state index is -1.24. The third kappa shape index (κ3) is 5.22. The van der Waals surface area contributed by atoms with E-state index in [1.165, 1.54) is 45.4 Å². The normalized spacial score (nSPS) is 12.4. The lowest BCUT2D eigenvalue weighted by atomic mass is 10.1. The van der Waals surface area contributed by atoms with Crippen LogP contribution in [-0.4, -0.2) is 37.1 Å². The molecule has 2 aromatic rings. The molecular weight excluding hydrogens is 399 g/mol. The molecule has 0 aromatic heterocycles. The molecule has 0 aliphatic rings. The summed E-state index contributed by atoms with van der Waals surface area (Å²) in [6.45, 7) is 3.01. The predicted octanol–water partition coefficient (Wildman–Crippen LogP) is 3.17. The van der Waals surface area contributed by atoms with Gasteiger partial charge in [-0.2, -0.15) is 0 Å². The number of halogens is 1. The second-order valence-corrected chi connectivity index (χ2v) is 6.31. The lowest BCUT2D eigenvalue weighted by Crippen LogP contribution is -2.37. The molecule has 0 fully saturated rings. The highest BCUT2D eigenvalue weighted by Crippen LogP contribution is 2.35. The van der Waals surface area contributed by atoms with Gasteiger partial charge >= 0.3 is 5.97 Å². The summed E-state index contributed by atoms with van der Waals surface area (Å²) in [7, 11) is 2.61. The maximum atomic E-state index is 13.0. The Balaban J connectivity index is 2.15. The fraction of sp³-hybridized carbons (Fsp3) is 0.300. The highest BCUT2D eigenvalue weighted by atomic mass is 19.1. The molecule has 2 atom stereocenters. The van der Waals surface area contributed by atoms with Crippen molar-refractivity contribution < 1.29 is 33.1 Å². The molecule has 1 amide bonds. The van der Waals surface area contributed by atoms with Crippen LogP contribution in [0.5, 0.6) is 11.5 Å². The van der Waals surface area contributed by atoms with Gasteiger partial charge < -0.3 is 19.5 Å². The Bertz CT molecular complexity index is 947. The van der Waals surface area contributed by atoms with Crippen LogP contribution in [0, 0.1) is 15.9 Å². The highest BCUT2D eigenvalue weighted by molar-refractivity contribution is 5.96. The monoisotopic (exact) mass is 420 g/mol. The van der Waals surface area contributed by atoms with Gasteiger partial charge in [-0.1, -0.05) is 12.1 Å². The predicted molar refractivity (Wildman–Crippen MR) is 104 cm³/mol. The molecule has 1 N–H and O–H groups in total. The average Bonchev–Trinajstić information content (AvgIpc) is 2.72. The van der Waals surface area contributed by atoms with Crippen LogP contribution in [0.4, 0.5) is 10.1 Å². The zero-order valence-electron chi connectivity index (χ0n) is 16.8. The number of benzene rings is 2. The molecule has 2 rings (SSSR count). The van der Waals surface area contributed by atoms with Crippen molar-refractivity contribution >= 4 is 17.6 Å². The van der Waals surface area contributed by atoms with E-state index in [9.17, 15) is 24.1 Å². The van der Waals surface area contributed by atoms with Gasteiger partial charge in [0.2, 0.25) is 0 Å². The summed E-state index contributed by atoms with van der Waals surface area (Å²) < 4.78 is 28.2.